The van der Waals surface area contributed by atoms with Gasteiger partial charge in [0, 0.05) is 16.7 Å². The summed E-state index contributed by atoms with van der Waals surface area (Å²) in [6.45, 7) is 2.94. The molecule has 2 nitrogen and oxygen atoms in total. The SMILES string of the molecule is CCNC(Cc1cccs1)c1cc2cc(F)ccc2o1. The number of hydrogen-bond donors (Lipinski definition) is 1. The van der Waals surface area contributed by atoms with Crippen molar-refractivity contribution in [1.29, 1.82) is 0 Å². The van der Waals surface area contributed by atoms with E-state index in [1.165, 1.54) is 17.0 Å². The average Bonchev–Trinajstić information content (AvgIpc) is 3.06. The molecule has 3 aromatic rings. The fraction of sp³-hybridized carbons (Fsp3) is 0.250. The molecule has 0 bridgehead atoms. The Labute approximate surface area is 121 Å². The highest BCUT2D eigenvalue weighted by Gasteiger charge is 2.16. The van der Waals surface area contributed by atoms with Crippen LogP contribution < -0.4 is 5.32 Å². The first-order valence-corrected chi connectivity index (χ1v) is 7.59. The van der Waals surface area contributed by atoms with Gasteiger partial charge in [-0.1, -0.05) is 13.0 Å². The van der Waals surface area contributed by atoms with E-state index in [0.29, 0.717) is 0 Å². The molecular formula is C16H16FNOS. The molecule has 0 amide bonds. The minimum absolute atomic E-state index is 0.120. The van der Waals surface area contributed by atoms with E-state index in [4.69, 9.17) is 4.42 Å². The summed E-state index contributed by atoms with van der Waals surface area (Å²) in [5.74, 6) is 0.629. The van der Waals surface area contributed by atoms with Crippen LogP contribution in [0.4, 0.5) is 4.39 Å². The van der Waals surface area contributed by atoms with E-state index < -0.39 is 0 Å². The third-order valence-electron chi connectivity index (χ3n) is 3.28. The van der Waals surface area contributed by atoms with Crippen LogP contribution in [-0.4, -0.2) is 6.54 Å². The Morgan fingerprint density at radius 2 is 2.20 bits per heavy atom. The topological polar surface area (TPSA) is 25.2 Å². The number of thiophene rings is 1. The van der Waals surface area contributed by atoms with Crippen molar-refractivity contribution in [3.8, 4) is 0 Å². The van der Waals surface area contributed by atoms with Crippen molar-refractivity contribution in [1.82, 2.24) is 5.32 Å². The second-order valence-electron chi connectivity index (χ2n) is 4.72. The number of likely N-dealkylation sites (N-methyl/N-ethyl adjacent to an activating group) is 1. The fourth-order valence-electron chi connectivity index (χ4n) is 2.36. The van der Waals surface area contributed by atoms with Crippen molar-refractivity contribution in [3.63, 3.8) is 0 Å². The van der Waals surface area contributed by atoms with Crippen molar-refractivity contribution >= 4 is 22.3 Å². The first-order chi connectivity index (χ1) is 9.76. The van der Waals surface area contributed by atoms with Crippen LogP contribution in [-0.2, 0) is 6.42 Å². The highest BCUT2D eigenvalue weighted by atomic mass is 32.1. The normalized spacial score (nSPS) is 12.9. The molecule has 20 heavy (non-hydrogen) atoms. The minimum atomic E-state index is -0.233. The Balaban J connectivity index is 1.92. The fourth-order valence-corrected chi connectivity index (χ4v) is 3.11. The molecule has 1 unspecified atom stereocenters. The van der Waals surface area contributed by atoms with E-state index in [0.717, 1.165) is 29.7 Å². The maximum atomic E-state index is 13.2. The van der Waals surface area contributed by atoms with Crippen molar-refractivity contribution in [2.75, 3.05) is 6.54 Å². The maximum Gasteiger partial charge on any atom is 0.134 e. The molecule has 0 aliphatic heterocycles. The number of halogens is 1. The monoisotopic (exact) mass is 289 g/mol. The van der Waals surface area contributed by atoms with Gasteiger partial charge < -0.3 is 9.73 Å². The highest BCUT2D eigenvalue weighted by Crippen LogP contribution is 2.27. The molecule has 0 radical (unpaired) electrons. The zero-order valence-corrected chi connectivity index (χ0v) is 12.0. The van der Waals surface area contributed by atoms with Crippen LogP contribution in [0.5, 0.6) is 0 Å². The van der Waals surface area contributed by atoms with Gasteiger partial charge in [0.15, 0.2) is 0 Å². The number of rotatable bonds is 5. The molecule has 1 atom stereocenters. The summed E-state index contributed by atoms with van der Waals surface area (Å²) in [4.78, 5) is 1.31. The molecular weight excluding hydrogens is 273 g/mol. The van der Waals surface area contributed by atoms with Crippen molar-refractivity contribution in [2.45, 2.75) is 19.4 Å². The molecule has 4 heteroatoms. The van der Waals surface area contributed by atoms with Gasteiger partial charge in [0.2, 0.25) is 0 Å². The van der Waals surface area contributed by atoms with Gasteiger partial charge >= 0.3 is 0 Å². The van der Waals surface area contributed by atoms with Crippen LogP contribution in [0.25, 0.3) is 11.0 Å². The van der Waals surface area contributed by atoms with Crippen LogP contribution in [0.1, 0.15) is 23.6 Å². The lowest BCUT2D eigenvalue weighted by Crippen LogP contribution is -2.22. The predicted octanol–water partition coefficient (Wildman–Crippen LogP) is 4.53. The van der Waals surface area contributed by atoms with Gasteiger partial charge in [0.1, 0.15) is 17.2 Å². The largest absolute Gasteiger partial charge is 0.459 e. The quantitative estimate of drug-likeness (QED) is 0.746. The Bertz CT molecular complexity index is 690. The lowest BCUT2D eigenvalue weighted by atomic mass is 10.1. The lowest BCUT2D eigenvalue weighted by Gasteiger charge is -2.14. The third kappa shape index (κ3) is 2.76. The first kappa shape index (κ1) is 13.3. The highest BCUT2D eigenvalue weighted by molar-refractivity contribution is 7.09. The van der Waals surface area contributed by atoms with Gasteiger partial charge in [-0.2, -0.15) is 0 Å². The zero-order valence-electron chi connectivity index (χ0n) is 11.2. The van der Waals surface area contributed by atoms with Crippen LogP contribution in [0, 0.1) is 5.82 Å². The van der Waals surface area contributed by atoms with E-state index in [1.54, 1.807) is 17.4 Å². The summed E-state index contributed by atoms with van der Waals surface area (Å²) in [7, 11) is 0. The summed E-state index contributed by atoms with van der Waals surface area (Å²) in [5, 5.41) is 6.32. The zero-order chi connectivity index (χ0) is 13.9. The molecule has 2 heterocycles. The molecule has 0 fully saturated rings. The van der Waals surface area contributed by atoms with Gasteiger partial charge in [0.05, 0.1) is 6.04 Å². The van der Waals surface area contributed by atoms with Gasteiger partial charge in [0.25, 0.3) is 0 Å². The van der Waals surface area contributed by atoms with Gasteiger partial charge in [-0.3, -0.25) is 0 Å². The van der Waals surface area contributed by atoms with E-state index >= 15 is 0 Å². The Hall–Kier alpha value is -1.65. The van der Waals surface area contributed by atoms with Crippen molar-refractivity contribution in [2.24, 2.45) is 0 Å². The Morgan fingerprint density at radius 1 is 1.30 bits per heavy atom. The van der Waals surface area contributed by atoms with Crippen LogP contribution in [0.2, 0.25) is 0 Å². The molecule has 0 aliphatic carbocycles. The maximum absolute atomic E-state index is 13.2. The van der Waals surface area contributed by atoms with E-state index in [9.17, 15) is 4.39 Å². The summed E-state index contributed by atoms with van der Waals surface area (Å²) in [5.41, 5.74) is 0.732. The van der Waals surface area contributed by atoms with Crippen LogP contribution in [0.3, 0.4) is 0 Å². The molecule has 1 N–H and O–H groups in total. The minimum Gasteiger partial charge on any atom is -0.459 e. The van der Waals surface area contributed by atoms with Crippen molar-refractivity contribution in [3.05, 3.63) is 58.2 Å². The molecule has 2 aromatic heterocycles. The second kappa shape index (κ2) is 5.77. The van der Waals surface area contributed by atoms with Crippen LogP contribution >= 0.6 is 11.3 Å². The van der Waals surface area contributed by atoms with Crippen LogP contribution in [0.15, 0.2) is 46.2 Å². The molecule has 1 aromatic carbocycles. The molecule has 0 aliphatic rings. The lowest BCUT2D eigenvalue weighted by molar-refractivity contribution is 0.436. The van der Waals surface area contributed by atoms with Crippen molar-refractivity contribution < 1.29 is 8.81 Å². The molecule has 0 saturated heterocycles. The number of furan rings is 1. The van der Waals surface area contributed by atoms with E-state index in [-0.39, 0.29) is 11.9 Å². The summed E-state index contributed by atoms with van der Waals surface area (Å²) < 4.78 is 19.1. The first-order valence-electron chi connectivity index (χ1n) is 6.71. The van der Waals surface area contributed by atoms with Gasteiger partial charge in [-0.05, 0) is 42.3 Å². The third-order valence-corrected chi connectivity index (χ3v) is 4.18. The van der Waals surface area contributed by atoms with E-state index in [1.807, 2.05) is 6.07 Å². The summed E-state index contributed by atoms with van der Waals surface area (Å²) in [6.07, 6.45) is 0.883. The number of nitrogens with one attached hydrogen (secondary N) is 1. The van der Waals surface area contributed by atoms with E-state index in [2.05, 4.69) is 29.8 Å². The molecule has 104 valence electrons. The number of fused-ring (bicyclic) bond motifs is 1. The molecule has 0 saturated carbocycles. The molecule has 0 spiro atoms. The smallest absolute Gasteiger partial charge is 0.134 e. The van der Waals surface area contributed by atoms with Gasteiger partial charge in [-0.15, -0.1) is 11.3 Å². The Morgan fingerprint density at radius 3 is 2.95 bits per heavy atom. The average molecular weight is 289 g/mol. The second-order valence-corrected chi connectivity index (χ2v) is 5.76. The summed E-state index contributed by atoms with van der Waals surface area (Å²) >= 11 is 1.74. The summed E-state index contributed by atoms with van der Waals surface area (Å²) in [6, 6.07) is 10.8. The Kier molecular flexibility index (Phi) is 3.85. The molecule has 3 rings (SSSR count). The van der Waals surface area contributed by atoms with Gasteiger partial charge in [-0.25, -0.2) is 4.39 Å². The standard InChI is InChI=1S/C16H16FNOS/c1-2-18-14(10-13-4-3-7-20-13)16-9-11-8-12(17)5-6-15(11)19-16/h3-9,14,18H,2,10H2,1H3. The number of hydrogen-bond acceptors (Lipinski definition) is 3. The number of benzene rings is 1. The predicted molar refractivity (Wildman–Crippen MR) is 80.6 cm³/mol.